The lowest BCUT2D eigenvalue weighted by Gasteiger charge is -2.27. The summed E-state index contributed by atoms with van der Waals surface area (Å²) in [5.74, 6) is 0.857. The lowest BCUT2D eigenvalue weighted by atomic mass is 10.1. The zero-order valence-corrected chi connectivity index (χ0v) is 25.6. The van der Waals surface area contributed by atoms with Crippen LogP contribution in [-0.4, -0.2) is 61.2 Å². The molecule has 0 bridgehead atoms. The molecule has 12 heteroatoms. The molecule has 0 aliphatic rings. The van der Waals surface area contributed by atoms with E-state index in [1.54, 1.807) is 29.1 Å². The van der Waals surface area contributed by atoms with Crippen LogP contribution in [0.4, 0.5) is 0 Å². The summed E-state index contributed by atoms with van der Waals surface area (Å²) in [7, 11) is -3.22. The molecule has 0 amide bonds. The van der Waals surface area contributed by atoms with E-state index in [0.717, 1.165) is 24.1 Å². The second-order valence-electron chi connectivity index (χ2n) is 10.9. The van der Waals surface area contributed by atoms with Gasteiger partial charge in [0.05, 0.1) is 52.6 Å². The highest BCUT2D eigenvalue weighted by molar-refractivity contribution is 7.91. The van der Waals surface area contributed by atoms with Crippen molar-refractivity contribution in [1.29, 1.82) is 0 Å². The van der Waals surface area contributed by atoms with Crippen molar-refractivity contribution in [2.45, 2.75) is 57.9 Å². The SMILES string of the molecule is CCC[C@H](N[S+]([O-])C(C)(C)C)c1cccc(-c2cc(OCCS(C)(=O)=O)c3cnn(-c4cccc(CO)n4)c3c2)n1. The molecule has 41 heavy (non-hydrogen) atoms. The van der Waals surface area contributed by atoms with Gasteiger partial charge in [-0.1, -0.05) is 25.5 Å². The third-order valence-corrected chi connectivity index (χ3v) is 8.86. The molecule has 1 aromatic carbocycles. The Balaban J connectivity index is 1.80. The van der Waals surface area contributed by atoms with E-state index >= 15 is 0 Å². The molecule has 4 rings (SSSR count). The molecule has 0 aliphatic carbocycles. The van der Waals surface area contributed by atoms with Crippen molar-refractivity contribution >= 4 is 32.1 Å². The summed E-state index contributed by atoms with van der Waals surface area (Å²) in [6.45, 7) is 7.64. The third kappa shape index (κ3) is 7.83. The molecular weight excluding hydrogens is 562 g/mol. The van der Waals surface area contributed by atoms with Crippen LogP contribution in [0.3, 0.4) is 0 Å². The first-order valence-electron chi connectivity index (χ1n) is 13.4. The van der Waals surface area contributed by atoms with Crippen LogP contribution < -0.4 is 9.46 Å². The van der Waals surface area contributed by atoms with Gasteiger partial charge in [-0.15, -0.1) is 4.72 Å². The molecule has 0 fully saturated rings. The Morgan fingerprint density at radius 1 is 1.15 bits per heavy atom. The van der Waals surface area contributed by atoms with Crippen molar-refractivity contribution < 1.29 is 22.8 Å². The summed E-state index contributed by atoms with van der Waals surface area (Å²) in [4.78, 5) is 9.45. The van der Waals surface area contributed by atoms with E-state index in [1.165, 1.54) is 6.26 Å². The first kappa shape index (κ1) is 30.9. The van der Waals surface area contributed by atoms with Gasteiger partial charge in [0.15, 0.2) is 15.7 Å². The first-order valence-corrected chi connectivity index (χ1v) is 16.7. The Morgan fingerprint density at radius 2 is 1.90 bits per heavy atom. The highest BCUT2D eigenvalue weighted by Gasteiger charge is 2.30. The molecule has 0 radical (unpaired) electrons. The van der Waals surface area contributed by atoms with Crippen molar-refractivity contribution in [3.63, 3.8) is 0 Å². The standard InChI is InChI=1S/C29H37N5O5S2/c1-6-9-25(33-40(36)29(2,3)4)24-12-8-11-23(32-24)20-16-26-22(27(17-20)39-14-15-41(5,37)38)18-30-34(26)28-13-7-10-21(19-35)31-28/h7-8,10-13,16-18,25,33,35H,6,9,14-15,19H2,1-5H3/t25-,40?/m0/s1. The number of benzene rings is 1. The number of fused-ring (bicyclic) bond motifs is 1. The van der Waals surface area contributed by atoms with Crippen LogP contribution in [0, 0.1) is 0 Å². The average molecular weight is 600 g/mol. The number of hydrogen-bond acceptors (Lipinski definition) is 9. The molecular formula is C29H37N5O5S2. The molecule has 3 aromatic heterocycles. The van der Waals surface area contributed by atoms with E-state index in [1.807, 2.05) is 51.1 Å². The maximum atomic E-state index is 12.9. The van der Waals surface area contributed by atoms with E-state index in [0.29, 0.717) is 33.9 Å². The zero-order valence-electron chi connectivity index (χ0n) is 24.0. The average Bonchev–Trinajstić information content (AvgIpc) is 3.36. The topological polar surface area (TPSA) is 142 Å². The van der Waals surface area contributed by atoms with Crippen molar-refractivity contribution in [3.8, 4) is 22.8 Å². The van der Waals surface area contributed by atoms with Gasteiger partial charge < -0.3 is 14.4 Å². The molecule has 0 aliphatic heterocycles. The predicted molar refractivity (Wildman–Crippen MR) is 162 cm³/mol. The number of nitrogens with one attached hydrogen (secondary N) is 1. The van der Waals surface area contributed by atoms with Gasteiger partial charge >= 0.3 is 0 Å². The second-order valence-corrected chi connectivity index (χ2v) is 15.1. The number of aliphatic hydroxyl groups excluding tert-OH is 1. The van der Waals surface area contributed by atoms with E-state index in [9.17, 15) is 18.1 Å². The van der Waals surface area contributed by atoms with Gasteiger partial charge in [-0.2, -0.15) is 5.10 Å². The fraction of sp³-hybridized carbons (Fsp3) is 0.414. The van der Waals surface area contributed by atoms with Crippen LogP contribution in [0.5, 0.6) is 5.75 Å². The summed E-state index contributed by atoms with van der Waals surface area (Å²) in [6.07, 6.45) is 4.46. The van der Waals surface area contributed by atoms with Gasteiger partial charge in [0, 0.05) is 23.2 Å². The van der Waals surface area contributed by atoms with Gasteiger partial charge in [0.2, 0.25) is 0 Å². The minimum absolute atomic E-state index is 0.0185. The highest BCUT2D eigenvalue weighted by Crippen LogP contribution is 2.34. The summed E-state index contributed by atoms with van der Waals surface area (Å²) in [5, 5.41) is 14.8. The predicted octanol–water partition coefficient (Wildman–Crippen LogP) is 4.29. The van der Waals surface area contributed by atoms with E-state index < -0.39 is 25.9 Å². The lowest BCUT2D eigenvalue weighted by molar-refractivity contribution is 0.276. The Labute approximate surface area is 244 Å². The Kier molecular flexibility index (Phi) is 9.70. The molecule has 4 aromatic rings. The van der Waals surface area contributed by atoms with Crippen LogP contribution in [0.25, 0.3) is 28.0 Å². The molecule has 0 saturated carbocycles. The van der Waals surface area contributed by atoms with Crippen LogP contribution in [0.1, 0.15) is 58.0 Å². The molecule has 220 valence electrons. The van der Waals surface area contributed by atoms with Crippen LogP contribution in [0.2, 0.25) is 0 Å². The van der Waals surface area contributed by atoms with Gasteiger partial charge in [0.25, 0.3) is 0 Å². The number of ether oxygens (including phenoxy) is 1. The zero-order chi connectivity index (χ0) is 29.8. The van der Waals surface area contributed by atoms with Crippen LogP contribution >= 0.6 is 0 Å². The number of pyridine rings is 2. The molecule has 0 saturated heterocycles. The highest BCUT2D eigenvalue weighted by atomic mass is 32.2. The summed E-state index contributed by atoms with van der Waals surface area (Å²) >= 11 is -1.27. The number of sulfone groups is 1. The molecule has 0 spiro atoms. The van der Waals surface area contributed by atoms with E-state index in [-0.39, 0.29) is 25.0 Å². The van der Waals surface area contributed by atoms with Crippen LogP contribution in [-0.2, 0) is 27.8 Å². The second kappa shape index (κ2) is 12.9. The largest absolute Gasteiger partial charge is 0.598 e. The monoisotopic (exact) mass is 599 g/mol. The minimum atomic E-state index is -3.22. The number of aliphatic hydroxyl groups is 1. The summed E-state index contributed by atoms with van der Waals surface area (Å²) in [6, 6.07) is 14.6. The van der Waals surface area contributed by atoms with Gasteiger partial charge in [-0.25, -0.2) is 18.1 Å². The lowest BCUT2D eigenvalue weighted by Crippen LogP contribution is -2.41. The summed E-state index contributed by atoms with van der Waals surface area (Å²) < 4.78 is 46.9. The number of aromatic nitrogens is 4. The smallest absolute Gasteiger partial charge is 0.154 e. The normalized spacial score (nSPS) is 13.8. The molecule has 3 heterocycles. The van der Waals surface area contributed by atoms with Gasteiger partial charge in [0.1, 0.15) is 17.1 Å². The van der Waals surface area contributed by atoms with Crippen molar-refractivity contribution in [2.24, 2.45) is 0 Å². The maximum Gasteiger partial charge on any atom is 0.154 e. The third-order valence-electron chi connectivity index (χ3n) is 6.34. The van der Waals surface area contributed by atoms with Gasteiger partial charge in [-0.05, 0) is 63.6 Å². The maximum absolute atomic E-state index is 12.9. The molecule has 1 unspecified atom stereocenters. The molecule has 2 atom stereocenters. The van der Waals surface area contributed by atoms with Crippen molar-refractivity contribution in [3.05, 3.63) is 66.1 Å². The fourth-order valence-corrected chi connectivity index (χ4v) is 5.43. The van der Waals surface area contributed by atoms with Crippen LogP contribution in [0.15, 0.2) is 54.7 Å². The fourth-order valence-electron chi connectivity index (χ4n) is 4.19. The van der Waals surface area contributed by atoms with E-state index in [4.69, 9.17) is 9.72 Å². The molecule has 10 nitrogen and oxygen atoms in total. The van der Waals surface area contributed by atoms with E-state index in [2.05, 4.69) is 21.7 Å². The minimum Gasteiger partial charge on any atom is -0.598 e. The van der Waals surface area contributed by atoms with Gasteiger partial charge in [-0.3, -0.25) is 4.98 Å². The molecule has 2 N–H and O–H groups in total. The van der Waals surface area contributed by atoms with Crippen molar-refractivity contribution in [2.75, 3.05) is 18.6 Å². The quantitative estimate of drug-likeness (QED) is 0.228. The summed E-state index contributed by atoms with van der Waals surface area (Å²) in [5.41, 5.74) is 3.37. The van der Waals surface area contributed by atoms with Crippen molar-refractivity contribution in [1.82, 2.24) is 24.5 Å². The Morgan fingerprint density at radius 3 is 2.59 bits per heavy atom. The first-order chi connectivity index (χ1) is 19.4. The number of hydrogen-bond donors (Lipinski definition) is 2. The Hall–Kier alpha value is -3.03. The number of rotatable bonds is 12. The number of nitrogens with zero attached hydrogens (tertiary/aromatic N) is 4. The Bertz CT molecular complexity index is 1600.